The van der Waals surface area contributed by atoms with Crippen molar-refractivity contribution in [3.63, 3.8) is 0 Å². The van der Waals surface area contributed by atoms with E-state index in [0.717, 1.165) is 10.0 Å². The third-order valence-electron chi connectivity index (χ3n) is 3.15. The minimum Gasteiger partial charge on any atom is -0.481 e. The maximum absolute atomic E-state index is 11.7. The van der Waals surface area contributed by atoms with Gasteiger partial charge in [0.15, 0.2) is 0 Å². The highest BCUT2D eigenvalue weighted by molar-refractivity contribution is 9.10. The van der Waals surface area contributed by atoms with Gasteiger partial charge in [-0.25, -0.2) is 0 Å². The quantitative estimate of drug-likeness (QED) is 0.861. The molecule has 0 saturated heterocycles. The second kappa shape index (κ2) is 5.92. The Kier molecular flexibility index (Phi) is 4.47. The van der Waals surface area contributed by atoms with Gasteiger partial charge in [-0.1, -0.05) is 27.5 Å². The monoisotopic (exact) mass is 345 g/mol. The van der Waals surface area contributed by atoms with Crippen molar-refractivity contribution in [3.05, 3.63) is 33.3 Å². The molecule has 1 saturated carbocycles. The van der Waals surface area contributed by atoms with E-state index in [-0.39, 0.29) is 11.8 Å². The molecule has 2 rings (SSSR count). The second-order valence-corrected chi connectivity index (χ2v) is 5.85. The molecule has 102 valence electrons. The lowest BCUT2D eigenvalue weighted by Crippen LogP contribution is -2.28. The number of nitrogens with one attached hydrogen (secondary N) is 1. The van der Waals surface area contributed by atoms with Crippen LogP contribution in [0.1, 0.15) is 12.0 Å². The number of carboxylic acids is 1. The minimum atomic E-state index is -0.891. The zero-order valence-corrected chi connectivity index (χ0v) is 12.4. The van der Waals surface area contributed by atoms with Crippen molar-refractivity contribution in [1.82, 2.24) is 5.32 Å². The van der Waals surface area contributed by atoms with Gasteiger partial charge in [0, 0.05) is 16.0 Å². The van der Waals surface area contributed by atoms with Crippen LogP contribution >= 0.6 is 27.5 Å². The van der Waals surface area contributed by atoms with Crippen molar-refractivity contribution in [1.29, 1.82) is 0 Å². The summed E-state index contributed by atoms with van der Waals surface area (Å²) in [6.45, 7) is 0.473. The summed E-state index contributed by atoms with van der Waals surface area (Å²) in [5.41, 5.74) is 1.01. The summed E-state index contributed by atoms with van der Waals surface area (Å²) < 4.78 is 0.945. The molecule has 0 radical (unpaired) electrons. The van der Waals surface area contributed by atoms with Gasteiger partial charge in [-0.05, 0) is 36.6 Å². The zero-order valence-electron chi connectivity index (χ0n) is 10.0. The first-order chi connectivity index (χ1) is 8.99. The van der Waals surface area contributed by atoms with Crippen molar-refractivity contribution >= 4 is 39.4 Å². The van der Waals surface area contributed by atoms with Crippen molar-refractivity contribution < 1.29 is 14.7 Å². The van der Waals surface area contributed by atoms with E-state index in [1.165, 1.54) is 0 Å². The standard InChI is InChI=1S/C13H13BrClNO3/c14-11-2-1-8(15)5-7(11)3-4-16-12(17)9-6-10(9)13(18)19/h1-2,5,9-10H,3-4,6H2,(H,16,17)(H,18,19). The number of carbonyl (C=O) groups is 2. The van der Waals surface area contributed by atoms with Gasteiger partial charge in [-0.2, -0.15) is 0 Å². The van der Waals surface area contributed by atoms with E-state index in [2.05, 4.69) is 21.2 Å². The van der Waals surface area contributed by atoms with E-state index in [9.17, 15) is 9.59 Å². The molecule has 6 heteroatoms. The Morgan fingerprint density at radius 1 is 1.42 bits per heavy atom. The average molecular weight is 347 g/mol. The van der Waals surface area contributed by atoms with E-state index in [1.807, 2.05) is 12.1 Å². The molecule has 0 heterocycles. The van der Waals surface area contributed by atoms with Crippen LogP contribution in [0.15, 0.2) is 22.7 Å². The molecular weight excluding hydrogens is 334 g/mol. The summed E-state index contributed by atoms with van der Waals surface area (Å²) in [4.78, 5) is 22.3. The Labute approximate surface area is 124 Å². The van der Waals surface area contributed by atoms with Crippen LogP contribution < -0.4 is 5.32 Å². The van der Waals surface area contributed by atoms with Crippen LogP contribution in [0, 0.1) is 11.8 Å². The van der Waals surface area contributed by atoms with Crippen LogP contribution in [0.2, 0.25) is 5.02 Å². The fraction of sp³-hybridized carbons (Fsp3) is 0.385. The molecule has 1 aliphatic carbocycles. The molecule has 2 N–H and O–H groups in total. The van der Waals surface area contributed by atoms with Gasteiger partial charge in [-0.3, -0.25) is 9.59 Å². The molecule has 2 atom stereocenters. The highest BCUT2D eigenvalue weighted by Gasteiger charge is 2.48. The van der Waals surface area contributed by atoms with Gasteiger partial charge in [-0.15, -0.1) is 0 Å². The topological polar surface area (TPSA) is 66.4 Å². The second-order valence-electron chi connectivity index (χ2n) is 4.56. The van der Waals surface area contributed by atoms with E-state index >= 15 is 0 Å². The van der Waals surface area contributed by atoms with Crippen LogP contribution in [-0.2, 0) is 16.0 Å². The molecule has 0 bridgehead atoms. The number of hydrogen-bond donors (Lipinski definition) is 2. The van der Waals surface area contributed by atoms with Crippen molar-refractivity contribution in [2.75, 3.05) is 6.54 Å². The fourth-order valence-electron chi connectivity index (χ4n) is 1.94. The molecule has 0 aliphatic heterocycles. The predicted molar refractivity (Wildman–Crippen MR) is 75.1 cm³/mol. The number of carbonyl (C=O) groups excluding carboxylic acids is 1. The Bertz CT molecular complexity index is 521. The molecule has 1 aromatic carbocycles. The molecule has 1 aromatic rings. The van der Waals surface area contributed by atoms with E-state index < -0.39 is 11.9 Å². The number of amides is 1. The summed E-state index contributed by atoms with van der Waals surface area (Å²) in [6, 6.07) is 5.49. The third kappa shape index (κ3) is 3.70. The number of halogens is 2. The smallest absolute Gasteiger partial charge is 0.307 e. The van der Waals surface area contributed by atoms with Gasteiger partial charge in [0.05, 0.1) is 11.8 Å². The van der Waals surface area contributed by atoms with Gasteiger partial charge < -0.3 is 10.4 Å². The third-order valence-corrected chi connectivity index (χ3v) is 4.15. The molecule has 1 amide bonds. The summed E-state index contributed by atoms with van der Waals surface area (Å²) in [7, 11) is 0. The number of rotatable bonds is 5. The molecule has 1 aliphatic rings. The number of carboxylic acid groups (broad SMARTS) is 1. The Morgan fingerprint density at radius 2 is 2.16 bits per heavy atom. The van der Waals surface area contributed by atoms with Crippen LogP contribution in [0.3, 0.4) is 0 Å². The number of aliphatic carboxylic acids is 1. The maximum Gasteiger partial charge on any atom is 0.307 e. The van der Waals surface area contributed by atoms with E-state index in [1.54, 1.807) is 6.07 Å². The average Bonchev–Trinajstić information content (AvgIpc) is 3.13. The maximum atomic E-state index is 11.7. The van der Waals surface area contributed by atoms with Crippen molar-refractivity contribution in [3.8, 4) is 0 Å². The number of benzene rings is 1. The highest BCUT2D eigenvalue weighted by Crippen LogP contribution is 2.38. The minimum absolute atomic E-state index is 0.175. The van der Waals surface area contributed by atoms with Crippen molar-refractivity contribution in [2.45, 2.75) is 12.8 Å². The van der Waals surface area contributed by atoms with Crippen LogP contribution in [-0.4, -0.2) is 23.5 Å². The van der Waals surface area contributed by atoms with Gasteiger partial charge in [0.25, 0.3) is 0 Å². The lowest BCUT2D eigenvalue weighted by molar-refractivity contribution is -0.140. The summed E-state index contributed by atoms with van der Waals surface area (Å²) in [5, 5.41) is 12.2. The van der Waals surface area contributed by atoms with Gasteiger partial charge >= 0.3 is 5.97 Å². The van der Waals surface area contributed by atoms with Crippen LogP contribution in [0.5, 0.6) is 0 Å². The first-order valence-electron chi connectivity index (χ1n) is 5.93. The Balaban J connectivity index is 1.79. The molecule has 4 nitrogen and oxygen atoms in total. The van der Waals surface area contributed by atoms with Crippen molar-refractivity contribution in [2.24, 2.45) is 11.8 Å². The van der Waals surface area contributed by atoms with E-state index in [0.29, 0.717) is 24.4 Å². The molecule has 19 heavy (non-hydrogen) atoms. The summed E-state index contributed by atoms with van der Waals surface area (Å²) in [6.07, 6.45) is 1.10. The largest absolute Gasteiger partial charge is 0.481 e. The number of hydrogen-bond acceptors (Lipinski definition) is 2. The first-order valence-corrected chi connectivity index (χ1v) is 7.10. The molecule has 0 aromatic heterocycles. The molecular formula is C13H13BrClNO3. The molecule has 2 unspecified atom stereocenters. The van der Waals surface area contributed by atoms with Crippen LogP contribution in [0.4, 0.5) is 0 Å². The Morgan fingerprint density at radius 3 is 2.79 bits per heavy atom. The highest BCUT2D eigenvalue weighted by atomic mass is 79.9. The molecule has 1 fully saturated rings. The predicted octanol–water partition coefficient (Wildman–Crippen LogP) is 2.48. The lowest BCUT2D eigenvalue weighted by Gasteiger charge is -2.07. The SMILES string of the molecule is O=C(O)C1CC1C(=O)NCCc1cc(Cl)ccc1Br. The normalized spacial score (nSPS) is 20.9. The zero-order chi connectivity index (χ0) is 14.0. The van der Waals surface area contributed by atoms with Crippen LogP contribution in [0.25, 0.3) is 0 Å². The lowest BCUT2D eigenvalue weighted by atomic mass is 10.1. The Hall–Kier alpha value is -1.07. The van der Waals surface area contributed by atoms with E-state index in [4.69, 9.17) is 16.7 Å². The first kappa shape index (κ1) is 14.3. The summed E-state index contributed by atoms with van der Waals surface area (Å²) in [5.74, 6) is -1.93. The van der Waals surface area contributed by atoms with Gasteiger partial charge in [0.2, 0.25) is 5.91 Å². The summed E-state index contributed by atoms with van der Waals surface area (Å²) >= 11 is 9.32. The van der Waals surface area contributed by atoms with Gasteiger partial charge in [0.1, 0.15) is 0 Å². The molecule has 0 spiro atoms. The fourth-order valence-corrected chi connectivity index (χ4v) is 2.58.